The minimum Gasteiger partial charge on any atom is -0.450 e. The molecule has 1 aliphatic rings. The molecular formula is C15H20N6O3. The molecular weight excluding hydrogens is 312 g/mol. The summed E-state index contributed by atoms with van der Waals surface area (Å²) in [5.41, 5.74) is 2.29. The number of carbonyl (C=O) groups excluding carboxylic acids is 2. The van der Waals surface area contributed by atoms with Crippen molar-refractivity contribution in [3.05, 3.63) is 18.2 Å². The van der Waals surface area contributed by atoms with Crippen LogP contribution in [-0.4, -0.2) is 69.7 Å². The molecule has 9 heteroatoms. The van der Waals surface area contributed by atoms with Gasteiger partial charge in [0.25, 0.3) is 0 Å². The van der Waals surface area contributed by atoms with E-state index in [9.17, 15) is 9.59 Å². The van der Waals surface area contributed by atoms with Crippen LogP contribution >= 0.6 is 0 Å². The van der Waals surface area contributed by atoms with Gasteiger partial charge in [-0.05, 0) is 25.1 Å². The molecule has 1 fully saturated rings. The number of hydrogen-bond donors (Lipinski definition) is 1. The third-order valence-electron chi connectivity index (χ3n) is 3.95. The summed E-state index contributed by atoms with van der Waals surface area (Å²) in [6.07, 6.45) is -0.328. The SMILES string of the molecule is CCOC(=O)N1CCN(C(=O)Nc2ccc3c(c2)nnn3C)CC1. The highest BCUT2D eigenvalue weighted by Gasteiger charge is 2.24. The predicted molar refractivity (Wildman–Crippen MR) is 87.7 cm³/mol. The van der Waals surface area contributed by atoms with Crippen molar-refractivity contribution in [3.63, 3.8) is 0 Å². The molecule has 2 heterocycles. The molecule has 1 N–H and O–H groups in total. The molecule has 2 aromatic rings. The first-order valence-corrected chi connectivity index (χ1v) is 7.85. The van der Waals surface area contributed by atoms with Crippen molar-refractivity contribution < 1.29 is 14.3 Å². The molecule has 128 valence electrons. The van der Waals surface area contributed by atoms with Gasteiger partial charge in [-0.15, -0.1) is 5.10 Å². The molecule has 1 aliphatic heterocycles. The summed E-state index contributed by atoms with van der Waals surface area (Å²) in [7, 11) is 1.82. The van der Waals surface area contributed by atoms with Crippen molar-refractivity contribution in [2.24, 2.45) is 7.05 Å². The average molecular weight is 332 g/mol. The van der Waals surface area contributed by atoms with Crippen LogP contribution in [0.1, 0.15) is 6.92 Å². The standard InChI is InChI=1S/C15H20N6O3/c1-3-24-15(23)21-8-6-20(7-9-21)14(22)16-11-4-5-13-12(10-11)17-18-19(13)2/h4-5,10H,3,6-9H2,1-2H3,(H,16,22). The number of ether oxygens (including phenoxy) is 1. The zero-order valence-electron chi connectivity index (χ0n) is 13.7. The van der Waals surface area contributed by atoms with Crippen LogP contribution in [0.5, 0.6) is 0 Å². The molecule has 24 heavy (non-hydrogen) atoms. The van der Waals surface area contributed by atoms with Gasteiger partial charge in [-0.1, -0.05) is 5.21 Å². The highest BCUT2D eigenvalue weighted by atomic mass is 16.6. The van der Waals surface area contributed by atoms with Gasteiger partial charge in [-0.25, -0.2) is 14.3 Å². The molecule has 0 unspecified atom stereocenters. The third-order valence-corrected chi connectivity index (χ3v) is 3.95. The molecule has 0 spiro atoms. The second-order valence-electron chi connectivity index (χ2n) is 5.52. The topological polar surface area (TPSA) is 92.6 Å². The van der Waals surface area contributed by atoms with Gasteiger partial charge in [0.2, 0.25) is 0 Å². The Morgan fingerprint density at radius 3 is 2.62 bits per heavy atom. The number of nitrogens with zero attached hydrogens (tertiary/aromatic N) is 5. The maximum absolute atomic E-state index is 12.3. The average Bonchev–Trinajstić information content (AvgIpc) is 2.96. The number of anilines is 1. The van der Waals surface area contributed by atoms with Crippen LogP contribution in [0, 0.1) is 0 Å². The van der Waals surface area contributed by atoms with E-state index in [1.165, 1.54) is 0 Å². The van der Waals surface area contributed by atoms with Gasteiger partial charge in [0, 0.05) is 38.9 Å². The van der Waals surface area contributed by atoms with Gasteiger partial charge >= 0.3 is 12.1 Å². The van der Waals surface area contributed by atoms with Crippen LogP contribution in [0.4, 0.5) is 15.3 Å². The molecule has 0 bridgehead atoms. The van der Waals surface area contributed by atoms with Gasteiger partial charge in [-0.2, -0.15) is 0 Å². The van der Waals surface area contributed by atoms with Crippen molar-refractivity contribution in [3.8, 4) is 0 Å². The number of piperazine rings is 1. The summed E-state index contributed by atoms with van der Waals surface area (Å²) < 4.78 is 6.64. The zero-order valence-corrected chi connectivity index (χ0v) is 13.7. The lowest BCUT2D eigenvalue weighted by atomic mass is 10.2. The van der Waals surface area contributed by atoms with Gasteiger partial charge in [0.15, 0.2) is 0 Å². The number of aromatic nitrogens is 3. The van der Waals surface area contributed by atoms with Crippen LogP contribution < -0.4 is 5.32 Å². The fourth-order valence-corrected chi connectivity index (χ4v) is 2.63. The predicted octanol–water partition coefficient (Wildman–Crippen LogP) is 1.27. The van der Waals surface area contributed by atoms with E-state index in [0.29, 0.717) is 38.5 Å². The van der Waals surface area contributed by atoms with E-state index in [4.69, 9.17) is 4.74 Å². The number of rotatable bonds is 2. The van der Waals surface area contributed by atoms with Gasteiger partial charge in [0.05, 0.1) is 12.1 Å². The Hall–Kier alpha value is -2.84. The Bertz CT molecular complexity index is 751. The molecule has 0 radical (unpaired) electrons. The Kier molecular flexibility index (Phi) is 4.50. The van der Waals surface area contributed by atoms with E-state index in [2.05, 4.69) is 15.6 Å². The lowest BCUT2D eigenvalue weighted by Gasteiger charge is -2.33. The van der Waals surface area contributed by atoms with Crippen LogP contribution in [0.3, 0.4) is 0 Å². The minimum absolute atomic E-state index is 0.193. The van der Waals surface area contributed by atoms with Gasteiger partial charge in [-0.3, -0.25) is 0 Å². The quantitative estimate of drug-likeness (QED) is 0.894. The molecule has 3 amide bonds. The Labute approximate surface area is 139 Å². The molecule has 0 aliphatic carbocycles. The summed E-state index contributed by atoms with van der Waals surface area (Å²) >= 11 is 0. The molecule has 0 atom stereocenters. The summed E-state index contributed by atoms with van der Waals surface area (Å²) in [6, 6.07) is 5.28. The zero-order chi connectivity index (χ0) is 17.1. The molecule has 9 nitrogen and oxygen atoms in total. The highest BCUT2D eigenvalue weighted by molar-refractivity contribution is 5.92. The number of amides is 3. The second-order valence-corrected chi connectivity index (χ2v) is 5.52. The summed E-state index contributed by atoms with van der Waals surface area (Å²) in [6.45, 7) is 4.00. The van der Waals surface area contributed by atoms with Crippen molar-refractivity contribution >= 4 is 28.8 Å². The minimum atomic E-state index is -0.328. The van der Waals surface area contributed by atoms with E-state index in [1.807, 2.05) is 19.2 Å². The van der Waals surface area contributed by atoms with Crippen LogP contribution in [0.2, 0.25) is 0 Å². The van der Waals surface area contributed by atoms with E-state index >= 15 is 0 Å². The summed E-state index contributed by atoms with van der Waals surface area (Å²) in [5, 5.41) is 10.8. The lowest BCUT2D eigenvalue weighted by Crippen LogP contribution is -2.51. The normalized spacial score (nSPS) is 14.8. The fraction of sp³-hybridized carbons (Fsp3) is 0.467. The fourth-order valence-electron chi connectivity index (χ4n) is 2.63. The van der Waals surface area contributed by atoms with E-state index in [-0.39, 0.29) is 12.1 Å². The van der Waals surface area contributed by atoms with Crippen LogP contribution in [0.15, 0.2) is 18.2 Å². The van der Waals surface area contributed by atoms with E-state index in [0.717, 1.165) is 11.0 Å². The Morgan fingerprint density at radius 1 is 1.21 bits per heavy atom. The van der Waals surface area contributed by atoms with Crippen molar-refractivity contribution in [1.82, 2.24) is 24.8 Å². The number of fused-ring (bicyclic) bond motifs is 1. The molecule has 3 rings (SSSR count). The van der Waals surface area contributed by atoms with E-state index in [1.54, 1.807) is 27.5 Å². The van der Waals surface area contributed by atoms with E-state index < -0.39 is 0 Å². The summed E-state index contributed by atoms with van der Waals surface area (Å²) in [5.74, 6) is 0. The maximum atomic E-state index is 12.3. The maximum Gasteiger partial charge on any atom is 0.409 e. The number of nitrogens with one attached hydrogen (secondary N) is 1. The molecule has 1 saturated heterocycles. The third kappa shape index (κ3) is 3.24. The number of carbonyl (C=O) groups is 2. The van der Waals surface area contributed by atoms with Crippen molar-refractivity contribution in [2.75, 3.05) is 38.1 Å². The van der Waals surface area contributed by atoms with Crippen LogP contribution in [-0.2, 0) is 11.8 Å². The lowest BCUT2D eigenvalue weighted by molar-refractivity contribution is 0.0868. The first-order valence-electron chi connectivity index (χ1n) is 7.85. The number of benzene rings is 1. The molecule has 1 aromatic carbocycles. The first-order chi connectivity index (χ1) is 11.6. The second kappa shape index (κ2) is 6.73. The van der Waals surface area contributed by atoms with Crippen molar-refractivity contribution in [2.45, 2.75) is 6.92 Å². The smallest absolute Gasteiger partial charge is 0.409 e. The van der Waals surface area contributed by atoms with Crippen molar-refractivity contribution in [1.29, 1.82) is 0 Å². The number of urea groups is 1. The Balaban J connectivity index is 1.58. The molecule has 0 saturated carbocycles. The van der Waals surface area contributed by atoms with Gasteiger partial charge < -0.3 is 19.9 Å². The molecule has 1 aromatic heterocycles. The largest absolute Gasteiger partial charge is 0.450 e. The first kappa shape index (κ1) is 16.0. The number of hydrogen-bond acceptors (Lipinski definition) is 5. The highest BCUT2D eigenvalue weighted by Crippen LogP contribution is 2.17. The monoisotopic (exact) mass is 332 g/mol. The Morgan fingerprint density at radius 2 is 1.92 bits per heavy atom. The van der Waals surface area contributed by atoms with Crippen LogP contribution in [0.25, 0.3) is 11.0 Å². The summed E-state index contributed by atoms with van der Waals surface area (Å²) in [4.78, 5) is 27.3. The van der Waals surface area contributed by atoms with Gasteiger partial charge in [0.1, 0.15) is 5.52 Å². The number of aryl methyl sites for hydroxylation is 1.